The Morgan fingerprint density at radius 3 is 2.68 bits per heavy atom. The largest absolute Gasteiger partial charge is 0.493 e. The van der Waals surface area contributed by atoms with Gasteiger partial charge in [0.2, 0.25) is 0 Å². The highest BCUT2D eigenvalue weighted by atomic mass is 35.5. The van der Waals surface area contributed by atoms with E-state index in [1.165, 1.54) is 6.20 Å². The van der Waals surface area contributed by atoms with E-state index in [4.69, 9.17) is 21.1 Å². The van der Waals surface area contributed by atoms with Crippen LogP contribution in [0.1, 0.15) is 15.9 Å². The summed E-state index contributed by atoms with van der Waals surface area (Å²) in [6, 6.07) is 16.2. The molecule has 0 saturated heterocycles. The fourth-order valence-electron chi connectivity index (χ4n) is 2.89. The molecule has 0 spiro atoms. The van der Waals surface area contributed by atoms with Gasteiger partial charge in [0.05, 0.1) is 24.6 Å². The maximum Gasteiger partial charge on any atom is 0.258 e. The van der Waals surface area contributed by atoms with Gasteiger partial charge in [-0.15, -0.1) is 0 Å². The number of ether oxygens (including phenoxy) is 2. The summed E-state index contributed by atoms with van der Waals surface area (Å²) in [7, 11) is 1.57. The zero-order valence-corrected chi connectivity index (χ0v) is 17.4. The van der Waals surface area contributed by atoms with Crippen LogP contribution >= 0.6 is 11.6 Å². The lowest BCUT2D eigenvalue weighted by Gasteiger charge is -2.13. The molecule has 0 bridgehead atoms. The summed E-state index contributed by atoms with van der Waals surface area (Å²) in [6.45, 7) is 0.329. The Morgan fingerprint density at radius 2 is 1.94 bits per heavy atom. The SMILES string of the molecule is COc1ccc(NC(=O)c2cnn(-c3ccc(Cl)cc3)c2)cc1OCc1cccnc1. The molecule has 2 aromatic carbocycles. The Morgan fingerprint density at radius 1 is 1.10 bits per heavy atom. The van der Waals surface area contributed by atoms with Crippen LogP contribution in [0.25, 0.3) is 5.69 Å². The van der Waals surface area contributed by atoms with Gasteiger partial charge in [0, 0.05) is 40.9 Å². The maximum atomic E-state index is 12.7. The number of nitrogens with one attached hydrogen (secondary N) is 1. The number of pyridine rings is 1. The van der Waals surface area contributed by atoms with Crippen molar-refractivity contribution in [2.45, 2.75) is 6.61 Å². The molecule has 1 amide bonds. The summed E-state index contributed by atoms with van der Waals surface area (Å²) in [6.07, 6.45) is 6.60. The predicted octanol–water partition coefficient (Wildman–Crippen LogP) is 4.76. The fraction of sp³-hybridized carbons (Fsp3) is 0.0870. The van der Waals surface area contributed by atoms with Gasteiger partial charge in [-0.05, 0) is 42.5 Å². The third-order valence-corrected chi connectivity index (χ3v) is 4.73. The van der Waals surface area contributed by atoms with Crippen molar-refractivity contribution in [3.8, 4) is 17.2 Å². The lowest BCUT2D eigenvalue weighted by molar-refractivity contribution is 0.102. The minimum absolute atomic E-state index is 0.288. The van der Waals surface area contributed by atoms with Crippen LogP contribution in [0.15, 0.2) is 79.4 Å². The number of carbonyl (C=O) groups excluding carboxylic acids is 1. The molecule has 1 N–H and O–H groups in total. The van der Waals surface area contributed by atoms with E-state index in [9.17, 15) is 4.79 Å². The van der Waals surface area contributed by atoms with Crippen molar-refractivity contribution in [3.63, 3.8) is 0 Å². The fourth-order valence-corrected chi connectivity index (χ4v) is 3.02. The average Bonchev–Trinajstić information content (AvgIpc) is 3.29. The minimum Gasteiger partial charge on any atom is -0.493 e. The first-order valence-corrected chi connectivity index (χ1v) is 9.82. The number of hydrogen-bond donors (Lipinski definition) is 1. The van der Waals surface area contributed by atoms with E-state index < -0.39 is 0 Å². The average molecular weight is 435 g/mol. The molecule has 0 aliphatic carbocycles. The second kappa shape index (κ2) is 9.32. The monoisotopic (exact) mass is 434 g/mol. The molecule has 0 aliphatic heterocycles. The molecular formula is C23H19ClN4O3. The molecule has 0 radical (unpaired) electrons. The number of carbonyl (C=O) groups is 1. The highest BCUT2D eigenvalue weighted by molar-refractivity contribution is 6.30. The van der Waals surface area contributed by atoms with E-state index in [1.54, 1.807) is 60.7 Å². The number of amides is 1. The van der Waals surface area contributed by atoms with Crippen LogP contribution in [-0.2, 0) is 6.61 Å². The van der Waals surface area contributed by atoms with Gasteiger partial charge in [-0.2, -0.15) is 5.10 Å². The second-order valence-electron chi connectivity index (χ2n) is 6.62. The number of benzene rings is 2. The Kier molecular flexibility index (Phi) is 6.14. The van der Waals surface area contributed by atoms with Gasteiger partial charge in [-0.1, -0.05) is 17.7 Å². The smallest absolute Gasteiger partial charge is 0.258 e. The molecule has 0 unspecified atom stereocenters. The third-order valence-electron chi connectivity index (χ3n) is 4.47. The summed E-state index contributed by atoms with van der Waals surface area (Å²) < 4.78 is 12.8. The van der Waals surface area contributed by atoms with E-state index in [0.29, 0.717) is 34.4 Å². The van der Waals surface area contributed by atoms with Gasteiger partial charge >= 0.3 is 0 Å². The molecule has 0 fully saturated rings. The van der Waals surface area contributed by atoms with E-state index >= 15 is 0 Å². The van der Waals surface area contributed by atoms with Crippen molar-refractivity contribution in [2.24, 2.45) is 0 Å². The van der Waals surface area contributed by atoms with Crippen molar-refractivity contribution >= 4 is 23.2 Å². The second-order valence-corrected chi connectivity index (χ2v) is 7.06. The highest BCUT2D eigenvalue weighted by Gasteiger charge is 2.12. The van der Waals surface area contributed by atoms with Gasteiger partial charge in [0.25, 0.3) is 5.91 Å². The number of rotatable bonds is 7. The van der Waals surface area contributed by atoms with Crippen LogP contribution in [0.4, 0.5) is 5.69 Å². The number of anilines is 1. The molecule has 4 aromatic rings. The minimum atomic E-state index is -0.288. The van der Waals surface area contributed by atoms with Gasteiger partial charge in [0.1, 0.15) is 6.61 Å². The number of methoxy groups -OCH3 is 1. The quantitative estimate of drug-likeness (QED) is 0.453. The number of aromatic nitrogens is 3. The molecule has 31 heavy (non-hydrogen) atoms. The van der Waals surface area contributed by atoms with Crippen LogP contribution in [0.5, 0.6) is 11.5 Å². The molecule has 0 aliphatic rings. The molecule has 2 aromatic heterocycles. The van der Waals surface area contributed by atoms with Crippen LogP contribution < -0.4 is 14.8 Å². The van der Waals surface area contributed by atoms with Crippen molar-refractivity contribution < 1.29 is 14.3 Å². The first kappa shape index (κ1) is 20.4. The molecule has 2 heterocycles. The predicted molar refractivity (Wildman–Crippen MR) is 118 cm³/mol. The summed E-state index contributed by atoms with van der Waals surface area (Å²) in [5.74, 6) is 0.794. The zero-order valence-electron chi connectivity index (χ0n) is 16.7. The highest BCUT2D eigenvalue weighted by Crippen LogP contribution is 2.31. The lowest BCUT2D eigenvalue weighted by Crippen LogP contribution is -2.11. The van der Waals surface area contributed by atoms with Crippen LogP contribution in [-0.4, -0.2) is 27.8 Å². The molecule has 7 nitrogen and oxygen atoms in total. The van der Waals surface area contributed by atoms with E-state index in [0.717, 1.165) is 11.3 Å². The van der Waals surface area contributed by atoms with Crippen LogP contribution in [0, 0.1) is 0 Å². The first-order chi connectivity index (χ1) is 15.1. The first-order valence-electron chi connectivity index (χ1n) is 9.44. The summed E-state index contributed by atoms with van der Waals surface area (Å²) >= 11 is 5.92. The molecule has 0 saturated carbocycles. The molecular weight excluding hydrogens is 416 g/mol. The lowest BCUT2D eigenvalue weighted by atomic mass is 10.2. The molecule has 156 valence electrons. The van der Waals surface area contributed by atoms with Crippen molar-refractivity contribution in [1.82, 2.24) is 14.8 Å². The Bertz CT molecular complexity index is 1180. The maximum absolute atomic E-state index is 12.7. The number of halogens is 1. The van der Waals surface area contributed by atoms with E-state index in [1.807, 2.05) is 24.3 Å². The van der Waals surface area contributed by atoms with Crippen LogP contribution in [0.2, 0.25) is 5.02 Å². The van der Waals surface area contributed by atoms with E-state index in [-0.39, 0.29) is 5.91 Å². The van der Waals surface area contributed by atoms with Crippen molar-refractivity contribution in [1.29, 1.82) is 0 Å². The zero-order chi connectivity index (χ0) is 21.6. The molecule has 0 atom stereocenters. The van der Waals surface area contributed by atoms with Crippen molar-refractivity contribution in [3.05, 3.63) is 95.5 Å². The van der Waals surface area contributed by atoms with Crippen LogP contribution in [0.3, 0.4) is 0 Å². The summed E-state index contributed by atoms with van der Waals surface area (Å²) in [4.78, 5) is 16.8. The van der Waals surface area contributed by atoms with Gasteiger partial charge in [-0.3, -0.25) is 9.78 Å². The van der Waals surface area contributed by atoms with Gasteiger partial charge in [-0.25, -0.2) is 4.68 Å². The summed E-state index contributed by atoms with van der Waals surface area (Å²) in [5.41, 5.74) is 2.72. The topological polar surface area (TPSA) is 78.3 Å². The van der Waals surface area contributed by atoms with Gasteiger partial charge < -0.3 is 14.8 Å². The Labute approximate surface area is 184 Å². The molecule has 8 heteroatoms. The molecule has 4 rings (SSSR count). The Hall–Kier alpha value is -3.84. The number of nitrogens with zero attached hydrogens (tertiary/aromatic N) is 3. The third kappa shape index (κ3) is 5.02. The van der Waals surface area contributed by atoms with E-state index in [2.05, 4.69) is 15.4 Å². The van der Waals surface area contributed by atoms with Crippen molar-refractivity contribution in [2.75, 3.05) is 12.4 Å². The number of hydrogen-bond acceptors (Lipinski definition) is 5. The Balaban J connectivity index is 1.47. The summed E-state index contributed by atoms with van der Waals surface area (Å²) in [5, 5.41) is 7.74. The standard InChI is InChI=1S/C23H19ClN4O3/c1-30-21-9-6-19(11-22(21)31-15-16-3-2-10-25-12-16)27-23(29)17-13-26-28(14-17)20-7-4-18(24)5-8-20/h2-14H,15H2,1H3,(H,27,29). The normalized spacial score (nSPS) is 10.5. The van der Waals surface area contributed by atoms with Gasteiger partial charge in [0.15, 0.2) is 11.5 Å².